The van der Waals surface area contributed by atoms with E-state index in [1.54, 1.807) is 24.3 Å². The topological polar surface area (TPSA) is 64.8 Å². The van der Waals surface area contributed by atoms with E-state index in [9.17, 15) is 4.79 Å². The highest BCUT2D eigenvalue weighted by Crippen LogP contribution is 2.22. The molecule has 1 aliphatic heterocycles. The van der Waals surface area contributed by atoms with Crippen LogP contribution in [0.15, 0.2) is 48.5 Å². The number of hydrogen-bond donors (Lipinski definition) is 1. The quantitative estimate of drug-likeness (QED) is 0.828. The molecule has 0 radical (unpaired) electrons. The Bertz CT molecular complexity index is 685. The van der Waals surface area contributed by atoms with Gasteiger partial charge in [-0.05, 0) is 36.8 Å². The van der Waals surface area contributed by atoms with Crippen molar-refractivity contribution in [2.45, 2.75) is 13.0 Å². The number of nitrogens with two attached hydrogens (primary N) is 1. The second kappa shape index (κ2) is 7.84. The van der Waals surface area contributed by atoms with Gasteiger partial charge in [0.15, 0.2) is 0 Å². The Balaban J connectivity index is 1.44. The molecule has 0 bridgehead atoms. The van der Waals surface area contributed by atoms with E-state index in [0.29, 0.717) is 18.8 Å². The van der Waals surface area contributed by atoms with Gasteiger partial charge in [0.2, 0.25) is 5.91 Å². The molecule has 0 aromatic heterocycles. The van der Waals surface area contributed by atoms with Gasteiger partial charge in [0, 0.05) is 30.8 Å². The van der Waals surface area contributed by atoms with Gasteiger partial charge in [0.25, 0.3) is 0 Å². The predicted octanol–water partition coefficient (Wildman–Crippen LogP) is 2.45. The summed E-state index contributed by atoms with van der Waals surface area (Å²) >= 11 is 0. The van der Waals surface area contributed by atoms with Crippen LogP contribution in [0.25, 0.3) is 0 Å². The summed E-state index contributed by atoms with van der Waals surface area (Å²) in [7, 11) is 0. The third-order valence-corrected chi connectivity index (χ3v) is 4.06. The van der Waals surface area contributed by atoms with Gasteiger partial charge in [-0.25, -0.2) is 0 Å². The molecular weight excluding hydrogens is 304 g/mol. The van der Waals surface area contributed by atoms with Crippen LogP contribution >= 0.6 is 0 Å². The summed E-state index contributed by atoms with van der Waals surface area (Å²) in [4.78, 5) is 13.4. The summed E-state index contributed by atoms with van der Waals surface area (Å²) in [5.41, 5.74) is 6.94. The monoisotopic (exact) mass is 326 g/mol. The molecule has 0 unspecified atom stereocenters. The third kappa shape index (κ3) is 4.26. The summed E-state index contributed by atoms with van der Waals surface area (Å²) in [6, 6.07) is 15.1. The standard InChI is InChI=1S/C19H22N2O3/c20-19(22)15-6-8-17(9-7-15)23-12-3-10-21-11-13-24-18-5-2-1-4-16(18)14-21/h1-2,4-9H,3,10-14H2,(H2,20,22). The lowest BCUT2D eigenvalue weighted by Crippen LogP contribution is -2.27. The first-order chi connectivity index (χ1) is 11.7. The highest BCUT2D eigenvalue weighted by molar-refractivity contribution is 5.92. The van der Waals surface area contributed by atoms with E-state index < -0.39 is 5.91 Å². The molecule has 0 saturated carbocycles. The average Bonchev–Trinajstić information content (AvgIpc) is 2.81. The van der Waals surface area contributed by atoms with Crippen LogP contribution in [0.4, 0.5) is 0 Å². The molecule has 2 aromatic rings. The summed E-state index contributed by atoms with van der Waals surface area (Å²) < 4.78 is 11.5. The molecular formula is C19H22N2O3. The van der Waals surface area contributed by atoms with Crippen molar-refractivity contribution in [1.82, 2.24) is 4.90 Å². The molecule has 126 valence electrons. The smallest absolute Gasteiger partial charge is 0.248 e. The molecule has 0 spiro atoms. The van der Waals surface area contributed by atoms with E-state index in [1.807, 2.05) is 18.2 Å². The molecule has 24 heavy (non-hydrogen) atoms. The number of para-hydroxylation sites is 1. The number of carbonyl (C=O) groups is 1. The maximum atomic E-state index is 11.0. The molecule has 2 aromatic carbocycles. The zero-order chi connectivity index (χ0) is 16.8. The minimum absolute atomic E-state index is 0.426. The minimum Gasteiger partial charge on any atom is -0.494 e. The van der Waals surface area contributed by atoms with E-state index >= 15 is 0 Å². The van der Waals surface area contributed by atoms with E-state index in [0.717, 1.165) is 37.6 Å². The van der Waals surface area contributed by atoms with Crippen LogP contribution in [0.2, 0.25) is 0 Å². The third-order valence-electron chi connectivity index (χ3n) is 4.06. The summed E-state index contributed by atoms with van der Waals surface area (Å²) in [5.74, 6) is 1.32. The molecule has 0 saturated heterocycles. The van der Waals surface area contributed by atoms with Crippen molar-refractivity contribution in [3.8, 4) is 11.5 Å². The molecule has 1 amide bonds. The first-order valence-electron chi connectivity index (χ1n) is 8.18. The maximum absolute atomic E-state index is 11.0. The number of carbonyl (C=O) groups excluding carboxylic acids is 1. The number of fused-ring (bicyclic) bond motifs is 1. The molecule has 1 aliphatic rings. The van der Waals surface area contributed by atoms with Gasteiger partial charge in [-0.3, -0.25) is 9.69 Å². The largest absolute Gasteiger partial charge is 0.494 e. The fraction of sp³-hybridized carbons (Fsp3) is 0.316. The first kappa shape index (κ1) is 16.3. The Kier molecular flexibility index (Phi) is 5.33. The van der Waals surface area contributed by atoms with Crippen molar-refractivity contribution < 1.29 is 14.3 Å². The Labute approximate surface area is 142 Å². The van der Waals surface area contributed by atoms with Crippen molar-refractivity contribution >= 4 is 5.91 Å². The van der Waals surface area contributed by atoms with Crippen LogP contribution in [0.3, 0.4) is 0 Å². The molecule has 0 fully saturated rings. The van der Waals surface area contributed by atoms with Gasteiger partial charge >= 0.3 is 0 Å². The lowest BCUT2D eigenvalue weighted by Gasteiger charge is -2.19. The summed E-state index contributed by atoms with van der Waals surface area (Å²) in [6.07, 6.45) is 0.930. The van der Waals surface area contributed by atoms with Gasteiger partial charge in [-0.2, -0.15) is 0 Å². The summed E-state index contributed by atoms with van der Waals surface area (Å²) in [5, 5.41) is 0. The molecule has 5 heteroatoms. The highest BCUT2D eigenvalue weighted by atomic mass is 16.5. The van der Waals surface area contributed by atoms with E-state index in [4.69, 9.17) is 15.2 Å². The fourth-order valence-corrected chi connectivity index (χ4v) is 2.76. The number of rotatable bonds is 6. The van der Waals surface area contributed by atoms with Crippen LogP contribution < -0.4 is 15.2 Å². The van der Waals surface area contributed by atoms with Gasteiger partial charge in [0.1, 0.15) is 18.1 Å². The number of nitrogens with zero attached hydrogens (tertiary/aromatic N) is 1. The SMILES string of the molecule is NC(=O)c1ccc(OCCCN2CCOc3ccccc3C2)cc1. The van der Waals surface area contributed by atoms with Crippen LogP contribution in [-0.2, 0) is 6.54 Å². The van der Waals surface area contributed by atoms with E-state index in [1.165, 1.54) is 5.56 Å². The van der Waals surface area contributed by atoms with Crippen molar-refractivity contribution in [1.29, 1.82) is 0 Å². The molecule has 1 heterocycles. The van der Waals surface area contributed by atoms with E-state index in [-0.39, 0.29) is 0 Å². The first-order valence-corrected chi connectivity index (χ1v) is 8.18. The zero-order valence-electron chi connectivity index (χ0n) is 13.6. The molecule has 0 atom stereocenters. The number of amides is 1. The second-order valence-corrected chi connectivity index (χ2v) is 5.82. The van der Waals surface area contributed by atoms with Crippen molar-refractivity contribution in [2.75, 3.05) is 26.3 Å². The molecule has 2 N–H and O–H groups in total. The lowest BCUT2D eigenvalue weighted by molar-refractivity contribution is 0.1000. The van der Waals surface area contributed by atoms with Crippen molar-refractivity contribution in [2.24, 2.45) is 5.73 Å². The number of benzene rings is 2. The van der Waals surface area contributed by atoms with Gasteiger partial charge < -0.3 is 15.2 Å². The fourth-order valence-electron chi connectivity index (χ4n) is 2.76. The molecule has 5 nitrogen and oxygen atoms in total. The van der Waals surface area contributed by atoms with Gasteiger partial charge in [-0.15, -0.1) is 0 Å². The van der Waals surface area contributed by atoms with Crippen LogP contribution in [0.1, 0.15) is 22.3 Å². The van der Waals surface area contributed by atoms with E-state index in [2.05, 4.69) is 11.0 Å². The number of hydrogen-bond acceptors (Lipinski definition) is 4. The Morgan fingerprint density at radius 1 is 1.17 bits per heavy atom. The van der Waals surface area contributed by atoms with Crippen LogP contribution in [-0.4, -0.2) is 37.1 Å². The number of primary amides is 1. The lowest BCUT2D eigenvalue weighted by atomic mass is 10.2. The summed E-state index contributed by atoms with van der Waals surface area (Å²) in [6.45, 7) is 4.13. The predicted molar refractivity (Wildman–Crippen MR) is 92.3 cm³/mol. The zero-order valence-corrected chi connectivity index (χ0v) is 13.6. The van der Waals surface area contributed by atoms with Gasteiger partial charge in [-0.1, -0.05) is 18.2 Å². The molecule has 3 rings (SSSR count). The number of ether oxygens (including phenoxy) is 2. The van der Waals surface area contributed by atoms with Crippen LogP contribution in [0.5, 0.6) is 11.5 Å². The molecule has 0 aliphatic carbocycles. The minimum atomic E-state index is -0.426. The van der Waals surface area contributed by atoms with Gasteiger partial charge in [0.05, 0.1) is 6.61 Å². The Hall–Kier alpha value is -2.53. The van der Waals surface area contributed by atoms with Crippen LogP contribution in [0, 0.1) is 0 Å². The second-order valence-electron chi connectivity index (χ2n) is 5.82. The van der Waals surface area contributed by atoms with Crippen molar-refractivity contribution in [3.63, 3.8) is 0 Å². The highest BCUT2D eigenvalue weighted by Gasteiger charge is 2.14. The average molecular weight is 326 g/mol. The Morgan fingerprint density at radius 3 is 2.75 bits per heavy atom. The van der Waals surface area contributed by atoms with Crippen molar-refractivity contribution in [3.05, 3.63) is 59.7 Å². The Morgan fingerprint density at radius 2 is 1.96 bits per heavy atom. The normalized spacial score (nSPS) is 14.3. The maximum Gasteiger partial charge on any atom is 0.248 e.